The molecule has 0 heterocycles. The zero-order chi connectivity index (χ0) is 23.6. The summed E-state index contributed by atoms with van der Waals surface area (Å²) in [4.78, 5) is 12.3. The number of alkyl halides is 6. The molecule has 0 radical (unpaired) electrons. The van der Waals surface area contributed by atoms with E-state index in [4.69, 9.17) is 10.5 Å². The highest BCUT2D eigenvalue weighted by Gasteiger charge is 2.39. The van der Waals surface area contributed by atoms with Gasteiger partial charge < -0.3 is 15.8 Å². The summed E-state index contributed by atoms with van der Waals surface area (Å²) in [6, 6.07) is 5.63. The number of benzene rings is 2. The molecule has 31 heavy (non-hydrogen) atoms. The van der Waals surface area contributed by atoms with Crippen LogP contribution in [0.5, 0.6) is 0 Å². The minimum absolute atomic E-state index is 0.00644. The van der Waals surface area contributed by atoms with Crippen molar-refractivity contribution >= 4 is 5.91 Å². The van der Waals surface area contributed by atoms with Crippen molar-refractivity contribution in [3.8, 4) is 0 Å². The molecule has 0 spiro atoms. The summed E-state index contributed by atoms with van der Waals surface area (Å²) in [6.07, 6.45) is -11.3. The van der Waals surface area contributed by atoms with Crippen LogP contribution in [0.25, 0.3) is 0 Å². The average Bonchev–Trinajstić information content (AvgIpc) is 2.69. The van der Waals surface area contributed by atoms with Crippen molar-refractivity contribution in [2.24, 2.45) is 5.73 Å². The fourth-order valence-electron chi connectivity index (χ4n) is 2.82. The molecule has 1 amide bonds. The monoisotopic (exact) mass is 452 g/mol. The third-order valence-corrected chi connectivity index (χ3v) is 4.63. The summed E-state index contributed by atoms with van der Waals surface area (Å²) in [5.74, 6) is -1.34. The lowest BCUT2D eigenvalue weighted by atomic mass is 9.90. The Kier molecular flexibility index (Phi) is 7.01. The summed E-state index contributed by atoms with van der Waals surface area (Å²) >= 11 is 0. The van der Waals surface area contributed by atoms with Crippen LogP contribution in [-0.2, 0) is 27.4 Å². The molecule has 11 heteroatoms. The van der Waals surface area contributed by atoms with Gasteiger partial charge in [0.1, 0.15) is 11.4 Å². The van der Waals surface area contributed by atoms with Gasteiger partial charge in [0.25, 0.3) is 0 Å². The van der Waals surface area contributed by atoms with Crippen LogP contribution in [0.1, 0.15) is 35.3 Å². The minimum Gasteiger partial charge on any atom is -0.371 e. The van der Waals surface area contributed by atoms with Crippen LogP contribution in [0.15, 0.2) is 42.5 Å². The molecule has 0 saturated heterocycles. The lowest BCUT2D eigenvalue weighted by Gasteiger charge is -2.29. The number of rotatable bonds is 6. The van der Waals surface area contributed by atoms with Crippen LogP contribution in [0.3, 0.4) is 0 Å². The standard InChI is InChI=1S/C20H19F7N2O2/c1-11(12-7-14(19(22,23)24)9-15(8-12)20(25,26)27)31-10-18(28,17(30)29-2)13-3-5-16(21)6-4-13/h3-9,11H,10,28H2,1-2H3,(H,29,30)/t11-,18-/m1/s1. The van der Waals surface area contributed by atoms with Gasteiger partial charge >= 0.3 is 12.4 Å². The number of amides is 1. The van der Waals surface area contributed by atoms with Crippen molar-refractivity contribution in [1.29, 1.82) is 0 Å². The molecule has 2 atom stereocenters. The van der Waals surface area contributed by atoms with Gasteiger partial charge in [0, 0.05) is 7.05 Å². The lowest BCUT2D eigenvalue weighted by Crippen LogP contribution is -2.53. The Balaban J connectivity index is 2.37. The minimum atomic E-state index is -5.01. The zero-order valence-electron chi connectivity index (χ0n) is 16.4. The van der Waals surface area contributed by atoms with Gasteiger partial charge in [-0.1, -0.05) is 12.1 Å². The second-order valence-corrected chi connectivity index (χ2v) is 6.85. The van der Waals surface area contributed by atoms with Gasteiger partial charge in [-0.25, -0.2) is 4.39 Å². The highest BCUT2D eigenvalue weighted by atomic mass is 19.4. The predicted octanol–water partition coefficient (Wildman–Crippen LogP) is 4.54. The van der Waals surface area contributed by atoms with E-state index in [0.29, 0.717) is 12.1 Å². The van der Waals surface area contributed by atoms with E-state index in [2.05, 4.69) is 5.32 Å². The van der Waals surface area contributed by atoms with Crippen molar-refractivity contribution in [3.05, 3.63) is 70.5 Å². The zero-order valence-corrected chi connectivity index (χ0v) is 16.4. The van der Waals surface area contributed by atoms with E-state index >= 15 is 0 Å². The summed E-state index contributed by atoms with van der Waals surface area (Å²) in [5.41, 5.74) is 1.02. The van der Waals surface area contributed by atoms with Gasteiger partial charge in [-0.2, -0.15) is 26.3 Å². The highest BCUT2D eigenvalue weighted by Crippen LogP contribution is 2.38. The summed E-state index contributed by atoms with van der Waals surface area (Å²) in [6.45, 7) is 0.627. The topological polar surface area (TPSA) is 64.4 Å². The normalized spacial score (nSPS) is 15.3. The Hall–Kier alpha value is -2.66. The van der Waals surface area contributed by atoms with Crippen LogP contribution >= 0.6 is 0 Å². The average molecular weight is 452 g/mol. The Morgan fingerprint density at radius 2 is 1.45 bits per heavy atom. The Labute approximate surface area is 173 Å². The first kappa shape index (κ1) is 24.6. The van der Waals surface area contributed by atoms with E-state index in [1.807, 2.05) is 0 Å². The third-order valence-electron chi connectivity index (χ3n) is 4.63. The molecule has 2 aromatic carbocycles. The van der Waals surface area contributed by atoms with E-state index in [1.54, 1.807) is 0 Å². The molecule has 2 aromatic rings. The molecular weight excluding hydrogens is 433 g/mol. The molecular formula is C20H19F7N2O2. The SMILES string of the molecule is CNC(=O)[C@@](N)(CO[C@H](C)c1cc(C(F)(F)F)cc(C(F)(F)F)c1)c1ccc(F)cc1. The van der Waals surface area contributed by atoms with Crippen LogP contribution in [0.4, 0.5) is 30.7 Å². The lowest BCUT2D eigenvalue weighted by molar-refractivity contribution is -0.143. The van der Waals surface area contributed by atoms with Gasteiger partial charge in [0.15, 0.2) is 0 Å². The van der Waals surface area contributed by atoms with Gasteiger partial charge in [-0.15, -0.1) is 0 Å². The van der Waals surface area contributed by atoms with Crippen LogP contribution in [0.2, 0.25) is 0 Å². The first-order valence-corrected chi connectivity index (χ1v) is 8.86. The molecule has 0 aliphatic heterocycles. The molecule has 0 aliphatic rings. The van der Waals surface area contributed by atoms with Gasteiger partial charge in [0.2, 0.25) is 5.91 Å². The second kappa shape index (κ2) is 8.83. The number of hydrogen-bond acceptors (Lipinski definition) is 3. The van der Waals surface area contributed by atoms with E-state index in [0.717, 1.165) is 12.1 Å². The molecule has 170 valence electrons. The fourth-order valence-corrected chi connectivity index (χ4v) is 2.82. The maximum atomic E-state index is 13.2. The largest absolute Gasteiger partial charge is 0.416 e. The molecule has 0 aromatic heterocycles. The van der Waals surface area contributed by atoms with E-state index in [9.17, 15) is 35.5 Å². The Morgan fingerprint density at radius 3 is 1.87 bits per heavy atom. The second-order valence-electron chi connectivity index (χ2n) is 6.85. The van der Waals surface area contributed by atoms with Crippen molar-refractivity contribution in [3.63, 3.8) is 0 Å². The van der Waals surface area contributed by atoms with Crippen LogP contribution in [0, 0.1) is 5.82 Å². The molecule has 0 bridgehead atoms. The first-order chi connectivity index (χ1) is 14.2. The number of carbonyl (C=O) groups is 1. The maximum Gasteiger partial charge on any atom is 0.416 e. The molecule has 4 nitrogen and oxygen atoms in total. The van der Waals surface area contributed by atoms with Crippen molar-refractivity contribution in [2.45, 2.75) is 30.9 Å². The predicted molar refractivity (Wildman–Crippen MR) is 97.1 cm³/mol. The molecule has 0 fully saturated rings. The maximum absolute atomic E-state index is 13.2. The molecule has 0 aliphatic carbocycles. The van der Waals surface area contributed by atoms with Crippen molar-refractivity contribution < 1.29 is 40.3 Å². The van der Waals surface area contributed by atoms with Crippen molar-refractivity contribution in [1.82, 2.24) is 5.32 Å². The smallest absolute Gasteiger partial charge is 0.371 e. The number of halogens is 7. The van der Waals surface area contributed by atoms with Crippen LogP contribution < -0.4 is 11.1 Å². The highest BCUT2D eigenvalue weighted by molar-refractivity contribution is 5.87. The van der Waals surface area contributed by atoms with Gasteiger partial charge in [0.05, 0.1) is 23.8 Å². The Morgan fingerprint density at radius 1 is 0.968 bits per heavy atom. The number of ether oxygens (including phenoxy) is 1. The summed E-state index contributed by atoms with van der Waals surface area (Å²) in [7, 11) is 1.28. The number of hydrogen-bond donors (Lipinski definition) is 2. The van der Waals surface area contributed by atoms with Gasteiger partial charge in [-0.3, -0.25) is 4.79 Å². The van der Waals surface area contributed by atoms with Crippen molar-refractivity contribution in [2.75, 3.05) is 13.7 Å². The quantitative estimate of drug-likeness (QED) is 0.633. The van der Waals surface area contributed by atoms with E-state index in [-0.39, 0.29) is 11.6 Å². The molecule has 3 N–H and O–H groups in total. The van der Waals surface area contributed by atoms with Gasteiger partial charge in [-0.05, 0) is 48.4 Å². The molecule has 2 rings (SSSR count). The fraction of sp³-hybridized carbons (Fsp3) is 0.350. The Bertz CT molecular complexity index is 894. The molecule has 0 saturated carbocycles. The third kappa shape index (κ3) is 5.73. The number of carbonyl (C=O) groups excluding carboxylic acids is 1. The van der Waals surface area contributed by atoms with Crippen LogP contribution in [-0.4, -0.2) is 19.6 Å². The van der Waals surface area contributed by atoms with E-state index in [1.165, 1.54) is 26.1 Å². The molecule has 0 unspecified atom stereocenters. The van der Waals surface area contributed by atoms with E-state index < -0.39 is 59.0 Å². The number of likely N-dealkylation sites (N-methyl/N-ethyl adjacent to an activating group) is 1. The number of nitrogens with one attached hydrogen (secondary N) is 1. The summed E-state index contributed by atoms with van der Waals surface area (Å²) in [5, 5.41) is 2.30. The summed E-state index contributed by atoms with van der Waals surface area (Å²) < 4.78 is 97.0. The first-order valence-electron chi connectivity index (χ1n) is 8.86. The number of nitrogens with two attached hydrogens (primary N) is 1.